The van der Waals surface area contributed by atoms with Gasteiger partial charge >= 0.3 is 7.12 Å². The molecule has 0 unspecified atom stereocenters. The fourth-order valence-corrected chi connectivity index (χ4v) is 3.31. The van der Waals surface area contributed by atoms with Crippen LogP contribution in [0.5, 0.6) is 5.75 Å². The van der Waals surface area contributed by atoms with E-state index in [0.717, 1.165) is 6.07 Å². The molecule has 9 heteroatoms. The molecule has 134 valence electrons. The van der Waals surface area contributed by atoms with E-state index in [1.807, 2.05) is 0 Å². The predicted molar refractivity (Wildman–Crippen MR) is 99.0 cm³/mol. The Morgan fingerprint density at radius 3 is 2.38 bits per heavy atom. The van der Waals surface area contributed by atoms with E-state index in [1.54, 1.807) is 42.5 Å². The molecule has 0 bridgehead atoms. The minimum Gasteiger partial charge on any atom is -0.507 e. The van der Waals surface area contributed by atoms with Crippen LogP contribution < -0.4 is 10.8 Å². The average Bonchev–Trinajstić information content (AvgIpc) is 2.59. The van der Waals surface area contributed by atoms with E-state index >= 15 is 0 Å². The van der Waals surface area contributed by atoms with Gasteiger partial charge in [0.2, 0.25) is 0 Å². The van der Waals surface area contributed by atoms with E-state index < -0.39 is 22.1 Å². The first-order valence-corrected chi connectivity index (χ1v) is 9.12. The minimum absolute atomic E-state index is 0.240. The van der Waals surface area contributed by atoms with Gasteiger partial charge < -0.3 is 20.5 Å². The van der Waals surface area contributed by atoms with Gasteiger partial charge in [-0.3, -0.25) is 4.55 Å². The van der Waals surface area contributed by atoms with Crippen LogP contribution in [0, 0.1) is 0 Å². The summed E-state index contributed by atoms with van der Waals surface area (Å²) in [5.41, 5.74) is 1.52. The van der Waals surface area contributed by atoms with Crippen LogP contribution >= 0.6 is 0 Å². The molecule has 0 radical (unpaired) electrons. The summed E-state index contributed by atoms with van der Waals surface area (Å²) < 4.78 is 32.1. The Bertz CT molecular complexity index is 1070. The van der Waals surface area contributed by atoms with E-state index in [0.29, 0.717) is 27.5 Å². The van der Waals surface area contributed by atoms with Gasteiger partial charge in [-0.25, -0.2) is 0 Å². The zero-order valence-corrected chi connectivity index (χ0v) is 14.3. The summed E-state index contributed by atoms with van der Waals surface area (Å²) in [5, 5.41) is 32.9. The van der Waals surface area contributed by atoms with Crippen LogP contribution in [0.1, 0.15) is 5.56 Å². The van der Waals surface area contributed by atoms with Gasteiger partial charge in [-0.1, -0.05) is 36.4 Å². The lowest BCUT2D eigenvalue weighted by Crippen LogP contribution is -2.33. The molecule has 0 saturated heterocycles. The number of nitrogens with one attached hydrogen (secondary N) is 1. The molecular formula is C17H16BNO6S. The topological polar surface area (TPSA) is 127 Å². The van der Waals surface area contributed by atoms with Gasteiger partial charge in [0.05, 0.1) is 4.90 Å². The predicted octanol–water partition coefficient (Wildman–Crippen LogP) is 1.08. The normalized spacial score (nSPS) is 11.5. The Labute approximate surface area is 150 Å². The molecule has 0 aromatic heterocycles. The first-order chi connectivity index (χ1) is 12.3. The second-order valence-electron chi connectivity index (χ2n) is 5.74. The van der Waals surface area contributed by atoms with E-state index in [9.17, 15) is 28.1 Å². The molecule has 0 aliphatic rings. The second-order valence-corrected chi connectivity index (χ2v) is 7.17. The van der Waals surface area contributed by atoms with Gasteiger partial charge in [0, 0.05) is 29.1 Å². The summed E-state index contributed by atoms with van der Waals surface area (Å²) in [7, 11) is -6.09. The van der Waals surface area contributed by atoms with Gasteiger partial charge in [0.25, 0.3) is 10.1 Å². The number of phenolic OH excluding ortho intramolecular Hbond substituents is 1. The van der Waals surface area contributed by atoms with Crippen molar-refractivity contribution in [2.24, 2.45) is 0 Å². The van der Waals surface area contributed by atoms with Crippen LogP contribution in [-0.4, -0.2) is 35.2 Å². The summed E-state index contributed by atoms with van der Waals surface area (Å²) in [4.78, 5) is -0.414. The first kappa shape index (κ1) is 18.2. The maximum absolute atomic E-state index is 11.4. The van der Waals surface area contributed by atoms with Crippen molar-refractivity contribution in [2.75, 3.05) is 5.32 Å². The van der Waals surface area contributed by atoms with Gasteiger partial charge in [-0.2, -0.15) is 8.42 Å². The van der Waals surface area contributed by atoms with Crippen molar-refractivity contribution >= 4 is 39.2 Å². The highest BCUT2D eigenvalue weighted by Crippen LogP contribution is 2.33. The lowest BCUT2D eigenvalue weighted by atomic mass is 9.77. The largest absolute Gasteiger partial charge is 0.507 e. The molecule has 0 aliphatic carbocycles. The van der Waals surface area contributed by atoms with Crippen LogP contribution in [0.3, 0.4) is 0 Å². The van der Waals surface area contributed by atoms with Crippen LogP contribution in [0.15, 0.2) is 59.5 Å². The van der Waals surface area contributed by atoms with Crippen molar-refractivity contribution < 1.29 is 28.1 Å². The number of fused-ring (bicyclic) bond motifs is 1. The fourth-order valence-electron chi connectivity index (χ4n) is 2.78. The van der Waals surface area contributed by atoms with Crippen LogP contribution in [0.4, 0.5) is 5.69 Å². The molecule has 3 rings (SSSR count). The number of aromatic hydroxyl groups is 1. The highest BCUT2D eigenvalue weighted by molar-refractivity contribution is 7.85. The highest BCUT2D eigenvalue weighted by atomic mass is 32.2. The Kier molecular flexibility index (Phi) is 4.88. The number of phenols is 1. The van der Waals surface area contributed by atoms with E-state index in [-0.39, 0.29) is 12.3 Å². The summed E-state index contributed by atoms with van der Waals surface area (Å²) in [5.74, 6) is -0.273. The number of anilines is 1. The number of benzene rings is 3. The van der Waals surface area contributed by atoms with Gasteiger partial charge in [-0.15, -0.1) is 0 Å². The molecule has 0 amide bonds. The van der Waals surface area contributed by atoms with Crippen molar-refractivity contribution in [3.05, 3.63) is 60.2 Å². The molecule has 26 heavy (non-hydrogen) atoms. The molecule has 0 heterocycles. The molecule has 0 fully saturated rings. The third-order valence-electron chi connectivity index (χ3n) is 4.05. The monoisotopic (exact) mass is 373 g/mol. The van der Waals surface area contributed by atoms with Crippen molar-refractivity contribution in [2.45, 2.75) is 11.4 Å². The molecule has 5 N–H and O–H groups in total. The molecule has 3 aromatic carbocycles. The zero-order chi connectivity index (χ0) is 18.9. The van der Waals surface area contributed by atoms with Gasteiger partial charge in [0.15, 0.2) is 0 Å². The Morgan fingerprint density at radius 2 is 1.69 bits per heavy atom. The SMILES string of the molecule is O=S(=O)(O)c1cc(O)c2cccc(NCc3ccccc3B(O)O)c2c1. The molecule has 3 aromatic rings. The van der Waals surface area contributed by atoms with E-state index in [1.165, 1.54) is 6.07 Å². The minimum atomic E-state index is -4.47. The average molecular weight is 373 g/mol. The molecule has 0 saturated carbocycles. The van der Waals surface area contributed by atoms with Crippen molar-refractivity contribution in [3.63, 3.8) is 0 Å². The maximum Gasteiger partial charge on any atom is 0.488 e. The van der Waals surface area contributed by atoms with Crippen molar-refractivity contribution in [3.8, 4) is 5.75 Å². The molecular weight excluding hydrogens is 357 g/mol. The summed E-state index contributed by atoms with van der Waals surface area (Å²) in [6.45, 7) is 0.240. The smallest absolute Gasteiger partial charge is 0.488 e. The van der Waals surface area contributed by atoms with Crippen molar-refractivity contribution in [1.82, 2.24) is 0 Å². The van der Waals surface area contributed by atoms with E-state index in [4.69, 9.17) is 0 Å². The summed E-state index contributed by atoms with van der Waals surface area (Å²) in [6.07, 6.45) is 0. The van der Waals surface area contributed by atoms with Crippen LogP contribution in [0.25, 0.3) is 10.8 Å². The zero-order valence-electron chi connectivity index (χ0n) is 13.5. The highest BCUT2D eigenvalue weighted by Gasteiger charge is 2.17. The Balaban J connectivity index is 2.02. The fraction of sp³-hybridized carbons (Fsp3) is 0.0588. The molecule has 0 atom stereocenters. The lowest BCUT2D eigenvalue weighted by Gasteiger charge is -2.14. The maximum atomic E-state index is 11.4. The Morgan fingerprint density at radius 1 is 0.962 bits per heavy atom. The first-order valence-electron chi connectivity index (χ1n) is 7.68. The third-order valence-corrected chi connectivity index (χ3v) is 4.88. The number of hydrogen-bond donors (Lipinski definition) is 5. The Hall–Kier alpha value is -2.59. The standard InChI is InChI=1S/C17H16BNO6S/c20-17-9-12(26(23,24)25)8-14-13(17)5-3-7-16(14)19-10-11-4-1-2-6-15(11)18(21)22/h1-9,19-22H,10H2,(H,23,24,25). The number of rotatable bonds is 5. The number of hydrogen-bond acceptors (Lipinski definition) is 6. The van der Waals surface area contributed by atoms with Crippen molar-refractivity contribution in [1.29, 1.82) is 0 Å². The summed E-state index contributed by atoms with van der Waals surface area (Å²) in [6, 6.07) is 14.0. The second kappa shape index (κ2) is 6.97. The molecule has 0 spiro atoms. The van der Waals surface area contributed by atoms with E-state index in [2.05, 4.69) is 5.32 Å². The van der Waals surface area contributed by atoms with Crippen LogP contribution in [-0.2, 0) is 16.7 Å². The van der Waals surface area contributed by atoms with Gasteiger partial charge in [0.1, 0.15) is 5.75 Å². The quantitative estimate of drug-likeness (QED) is 0.335. The van der Waals surface area contributed by atoms with Crippen LogP contribution in [0.2, 0.25) is 0 Å². The molecule has 0 aliphatic heterocycles. The third kappa shape index (κ3) is 3.66. The lowest BCUT2D eigenvalue weighted by molar-refractivity contribution is 0.425. The van der Waals surface area contributed by atoms with Gasteiger partial charge in [-0.05, 0) is 23.2 Å². The summed E-state index contributed by atoms with van der Waals surface area (Å²) >= 11 is 0. The molecule has 7 nitrogen and oxygen atoms in total.